The highest BCUT2D eigenvalue weighted by Crippen LogP contribution is 2.14. The lowest BCUT2D eigenvalue weighted by atomic mass is 10.1. The molecule has 0 atom stereocenters. The van der Waals surface area contributed by atoms with Gasteiger partial charge in [-0.2, -0.15) is 0 Å². The van der Waals surface area contributed by atoms with Gasteiger partial charge in [0.2, 0.25) is 0 Å². The first-order valence-electron chi connectivity index (χ1n) is 6.10. The number of likely N-dealkylation sites (tertiary alicyclic amines) is 1. The van der Waals surface area contributed by atoms with Crippen LogP contribution in [0.15, 0.2) is 0 Å². The molecule has 0 aromatic heterocycles. The summed E-state index contributed by atoms with van der Waals surface area (Å²) in [6, 6.07) is 0. The van der Waals surface area contributed by atoms with Gasteiger partial charge in [0, 0.05) is 13.1 Å². The summed E-state index contributed by atoms with van der Waals surface area (Å²) >= 11 is 0. The SMILES string of the molecule is CC.CCN1CCC(OC(C)C)CC1. The van der Waals surface area contributed by atoms with Crippen LogP contribution in [0.5, 0.6) is 0 Å². The molecule has 1 fully saturated rings. The van der Waals surface area contributed by atoms with Crippen molar-refractivity contribution in [3.05, 3.63) is 0 Å². The summed E-state index contributed by atoms with van der Waals surface area (Å²) in [5.41, 5.74) is 0. The normalized spacial score (nSPS) is 19.3. The fourth-order valence-electron chi connectivity index (χ4n) is 1.75. The molecule has 1 heterocycles. The smallest absolute Gasteiger partial charge is 0.0603 e. The first-order valence-corrected chi connectivity index (χ1v) is 6.10. The number of rotatable bonds is 3. The van der Waals surface area contributed by atoms with Gasteiger partial charge in [-0.3, -0.25) is 0 Å². The van der Waals surface area contributed by atoms with Crippen LogP contribution in [0, 0.1) is 0 Å². The van der Waals surface area contributed by atoms with E-state index in [1.165, 1.54) is 32.5 Å². The lowest BCUT2D eigenvalue weighted by Gasteiger charge is -2.31. The van der Waals surface area contributed by atoms with Gasteiger partial charge in [-0.05, 0) is 33.2 Å². The van der Waals surface area contributed by atoms with E-state index in [2.05, 4.69) is 25.7 Å². The Morgan fingerprint density at radius 2 is 1.71 bits per heavy atom. The van der Waals surface area contributed by atoms with Gasteiger partial charge in [-0.25, -0.2) is 0 Å². The number of ether oxygens (including phenoxy) is 1. The fourth-order valence-corrected chi connectivity index (χ4v) is 1.75. The number of nitrogens with zero attached hydrogens (tertiary/aromatic N) is 1. The average molecular weight is 201 g/mol. The molecule has 0 aromatic rings. The van der Waals surface area contributed by atoms with E-state index in [9.17, 15) is 0 Å². The van der Waals surface area contributed by atoms with E-state index in [0.29, 0.717) is 12.2 Å². The largest absolute Gasteiger partial charge is 0.375 e. The zero-order chi connectivity index (χ0) is 11.0. The lowest BCUT2D eigenvalue weighted by Crippen LogP contribution is -2.37. The molecule has 0 radical (unpaired) electrons. The second kappa shape index (κ2) is 8.25. The zero-order valence-corrected chi connectivity index (χ0v) is 10.5. The molecule has 0 aromatic carbocycles. The van der Waals surface area contributed by atoms with E-state index >= 15 is 0 Å². The van der Waals surface area contributed by atoms with Crippen LogP contribution in [0.25, 0.3) is 0 Å². The van der Waals surface area contributed by atoms with Crippen LogP contribution in [-0.2, 0) is 4.74 Å². The number of hydrogen-bond acceptors (Lipinski definition) is 2. The van der Waals surface area contributed by atoms with Crippen LogP contribution in [0.2, 0.25) is 0 Å². The maximum Gasteiger partial charge on any atom is 0.0603 e. The predicted molar refractivity (Wildman–Crippen MR) is 62.7 cm³/mol. The summed E-state index contributed by atoms with van der Waals surface area (Å²) in [6.07, 6.45) is 3.34. The summed E-state index contributed by atoms with van der Waals surface area (Å²) in [5.74, 6) is 0. The minimum absolute atomic E-state index is 0.392. The van der Waals surface area contributed by atoms with Gasteiger partial charge in [0.25, 0.3) is 0 Å². The van der Waals surface area contributed by atoms with Gasteiger partial charge < -0.3 is 9.64 Å². The molecule has 0 spiro atoms. The molecule has 1 saturated heterocycles. The first kappa shape index (κ1) is 13.9. The van der Waals surface area contributed by atoms with Crippen molar-refractivity contribution >= 4 is 0 Å². The fraction of sp³-hybridized carbons (Fsp3) is 1.00. The van der Waals surface area contributed by atoms with E-state index in [4.69, 9.17) is 4.74 Å². The summed E-state index contributed by atoms with van der Waals surface area (Å²) in [5, 5.41) is 0. The maximum atomic E-state index is 5.76. The Hall–Kier alpha value is -0.0800. The van der Waals surface area contributed by atoms with E-state index in [1.807, 2.05) is 13.8 Å². The van der Waals surface area contributed by atoms with Crippen molar-refractivity contribution in [3.63, 3.8) is 0 Å². The minimum Gasteiger partial charge on any atom is -0.375 e. The van der Waals surface area contributed by atoms with Gasteiger partial charge >= 0.3 is 0 Å². The Balaban J connectivity index is 0.000000791. The molecule has 0 unspecified atom stereocenters. The van der Waals surface area contributed by atoms with Crippen molar-refractivity contribution in [2.24, 2.45) is 0 Å². The van der Waals surface area contributed by atoms with E-state index in [0.717, 1.165) is 0 Å². The van der Waals surface area contributed by atoms with Crippen LogP contribution in [0.1, 0.15) is 47.5 Å². The summed E-state index contributed by atoms with van der Waals surface area (Å²) in [6.45, 7) is 14.1. The third-order valence-corrected chi connectivity index (χ3v) is 2.45. The molecule has 1 aliphatic heterocycles. The topological polar surface area (TPSA) is 12.5 Å². The lowest BCUT2D eigenvalue weighted by molar-refractivity contribution is -0.0259. The third-order valence-electron chi connectivity index (χ3n) is 2.45. The van der Waals surface area contributed by atoms with E-state index in [1.54, 1.807) is 0 Å². The van der Waals surface area contributed by atoms with Crippen LogP contribution in [0.4, 0.5) is 0 Å². The predicted octanol–water partition coefficient (Wildman–Crippen LogP) is 2.92. The second-order valence-electron chi connectivity index (χ2n) is 3.82. The maximum absolute atomic E-state index is 5.76. The van der Waals surface area contributed by atoms with Gasteiger partial charge in [0.15, 0.2) is 0 Å². The standard InChI is InChI=1S/C10H21NO.C2H6/c1-4-11-7-5-10(6-8-11)12-9(2)3;1-2/h9-10H,4-8H2,1-3H3;1-2H3. The Labute approximate surface area is 89.6 Å². The molecule has 0 saturated carbocycles. The van der Waals surface area contributed by atoms with Crippen molar-refractivity contribution in [1.82, 2.24) is 4.90 Å². The van der Waals surface area contributed by atoms with Crippen LogP contribution in [-0.4, -0.2) is 36.7 Å². The molecule has 14 heavy (non-hydrogen) atoms. The molecule has 0 N–H and O–H groups in total. The zero-order valence-electron chi connectivity index (χ0n) is 10.5. The van der Waals surface area contributed by atoms with Crippen molar-refractivity contribution in [2.45, 2.75) is 59.7 Å². The first-order chi connectivity index (χ1) is 6.72. The third kappa shape index (κ3) is 5.61. The van der Waals surface area contributed by atoms with Gasteiger partial charge in [0.05, 0.1) is 12.2 Å². The molecule has 0 amide bonds. The molecule has 0 bridgehead atoms. The van der Waals surface area contributed by atoms with E-state index in [-0.39, 0.29) is 0 Å². The average Bonchev–Trinajstić information content (AvgIpc) is 2.21. The molecular formula is C12H27NO. The number of hydrogen-bond donors (Lipinski definition) is 0. The molecular weight excluding hydrogens is 174 g/mol. The Bertz CT molecular complexity index is 117. The van der Waals surface area contributed by atoms with E-state index < -0.39 is 0 Å². The van der Waals surface area contributed by atoms with Gasteiger partial charge in [0.1, 0.15) is 0 Å². The Morgan fingerprint density at radius 3 is 2.07 bits per heavy atom. The van der Waals surface area contributed by atoms with Crippen molar-refractivity contribution in [2.75, 3.05) is 19.6 Å². The van der Waals surface area contributed by atoms with Crippen molar-refractivity contribution in [1.29, 1.82) is 0 Å². The highest BCUT2D eigenvalue weighted by atomic mass is 16.5. The molecule has 1 rings (SSSR count). The van der Waals surface area contributed by atoms with Crippen LogP contribution in [0.3, 0.4) is 0 Å². The summed E-state index contributed by atoms with van der Waals surface area (Å²) in [7, 11) is 0. The van der Waals surface area contributed by atoms with Gasteiger partial charge in [-0.15, -0.1) is 0 Å². The van der Waals surface area contributed by atoms with Crippen LogP contribution >= 0.6 is 0 Å². The number of piperidine rings is 1. The highest BCUT2D eigenvalue weighted by molar-refractivity contribution is 4.71. The van der Waals surface area contributed by atoms with Crippen LogP contribution < -0.4 is 0 Å². The molecule has 86 valence electrons. The minimum atomic E-state index is 0.392. The molecule has 1 aliphatic rings. The Kier molecular flexibility index (Phi) is 8.20. The van der Waals surface area contributed by atoms with Crippen molar-refractivity contribution in [3.8, 4) is 0 Å². The second-order valence-corrected chi connectivity index (χ2v) is 3.82. The monoisotopic (exact) mass is 201 g/mol. The summed E-state index contributed by atoms with van der Waals surface area (Å²) < 4.78 is 5.76. The molecule has 2 nitrogen and oxygen atoms in total. The highest BCUT2D eigenvalue weighted by Gasteiger charge is 2.18. The quantitative estimate of drug-likeness (QED) is 0.696. The molecule has 0 aliphatic carbocycles. The van der Waals surface area contributed by atoms with Crippen molar-refractivity contribution < 1.29 is 4.74 Å². The van der Waals surface area contributed by atoms with Gasteiger partial charge in [-0.1, -0.05) is 20.8 Å². The molecule has 2 heteroatoms. The summed E-state index contributed by atoms with van der Waals surface area (Å²) in [4.78, 5) is 2.49. The Morgan fingerprint density at radius 1 is 1.21 bits per heavy atom.